The third kappa shape index (κ3) is 2.10. The quantitative estimate of drug-likeness (QED) is 0.818. The summed E-state index contributed by atoms with van der Waals surface area (Å²) in [7, 11) is 0. The molecule has 0 fully saturated rings. The van der Waals surface area contributed by atoms with Crippen molar-refractivity contribution in [2.75, 3.05) is 12.3 Å². The lowest BCUT2D eigenvalue weighted by atomic mass is 10.1. The van der Waals surface area contributed by atoms with Crippen LogP contribution in [0.25, 0.3) is 11.1 Å². The zero-order valence-electron chi connectivity index (χ0n) is 10.5. The minimum Gasteiger partial charge on any atom is -0.462 e. The Bertz CT molecular complexity index is 622. The topological polar surface area (TPSA) is 95.4 Å². The predicted molar refractivity (Wildman–Crippen MR) is 72.0 cm³/mol. The largest absolute Gasteiger partial charge is 0.462 e. The van der Waals surface area contributed by atoms with E-state index in [0.717, 1.165) is 0 Å². The molecular formula is C14H14N2O3. The lowest BCUT2D eigenvalue weighted by molar-refractivity contribution is 0.0529. The van der Waals surface area contributed by atoms with Crippen LogP contribution in [0.3, 0.4) is 0 Å². The van der Waals surface area contributed by atoms with E-state index < -0.39 is 11.9 Å². The Balaban J connectivity index is 2.76. The van der Waals surface area contributed by atoms with Gasteiger partial charge in [0.2, 0.25) is 0 Å². The van der Waals surface area contributed by atoms with E-state index >= 15 is 0 Å². The number of primary amides is 1. The summed E-state index contributed by atoms with van der Waals surface area (Å²) >= 11 is 0. The molecule has 0 saturated carbocycles. The molecule has 0 atom stereocenters. The average Bonchev–Trinajstić information content (AvgIpc) is 2.49. The van der Waals surface area contributed by atoms with Crippen molar-refractivity contribution in [3.8, 4) is 11.1 Å². The number of nitrogen functional groups attached to an aromatic ring is 1. The Morgan fingerprint density at radius 2 is 1.68 bits per heavy atom. The third-order valence-corrected chi connectivity index (χ3v) is 2.84. The van der Waals surface area contributed by atoms with Crippen LogP contribution in [0.5, 0.6) is 0 Å². The molecule has 0 aromatic heterocycles. The lowest BCUT2D eigenvalue weighted by Gasteiger charge is -2.02. The first-order chi connectivity index (χ1) is 9.07. The molecule has 0 radical (unpaired) electrons. The second-order valence-corrected chi connectivity index (χ2v) is 3.99. The van der Waals surface area contributed by atoms with Crippen molar-refractivity contribution in [3.63, 3.8) is 0 Å². The summed E-state index contributed by atoms with van der Waals surface area (Å²) in [5, 5.41) is 0. The molecule has 0 spiro atoms. The zero-order valence-corrected chi connectivity index (χ0v) is 10.5. The fraction of sp³-hybridized carbons (Fsp3) is 0.143. The Hall–Kier alpha value is -2.56. The number of rotatable bonds is 3. The maximum atomic E-state index is 12.0. The lowest BCUT2D eigenvalue weighted by Crippen LogP contribution is -2.13. The number of anilines is 1. The van der Waals surface area contributed by atoms with E-state index in [2.05, 4.69) is 0 Å². The Morgan fingerprint density at radius 3 is 2.21 bits per heavy atom. The molecule has 1 amide bonds. The third-order valence-electron chi connectivity index (χ3n) is 2.84. The summed E-state index contributed by atoms with van der Waals surface area (Å²) < 4.78 is 4.97. The summed E-state index contributed by atoms with van der Waals surface area (Å²) in [6.45, 7) is 1.93. The number of nitrogens with two attached hydrogens (primary N) is 2. The SMILES string of the molecule is CCOC(=O)c1c2cccccc-2c(C(N)=O)c1N. The second kappa shape index (κ2) is 4.97. The highest BCUT2D eigenvalue weighted by molar-refractivity contribution is 6.16. The molecule has 0 heterocycles. The number of carbonyl (C=O) groups is 2. The first kappa shape index (κ1) is 12.9. The van der Waals surface area contributed by atoms with Gasteiger partial charge in [0.1, 0.15) is 0 Å². The van der Waals surface area contributed by atoms with Gasteiger partial charge in [0.15, 0.2) is 0 Å². The summed E-state index contributed by atoms with van der Waals surface area (Å²) in [5.41, 5.74) is 12.8. The van der Waals surface area contributed by atoms with Crippen molar-refractivity contribution in [1.82, 2.24) is 0 Å². The molecule has 0 saturated heterocycles. The average molecular weight is 258 g/mol. The van der Waals surface area contributed by atoms with Crippen molar-refractivity contribution in [1.29, 1.82) is 0 Å². The van der Waals surface area contributed by atoms with Crippen LogP contribution in [0.2, 0.25) is 0 Å². The number of esters is 1. The highest BCUT2D eigenvalue weighted by Crippen LogP contribution is 2.38. The Kier molecular flexibility index (Phi) is 3.37. The van der Waals surface area contributed by atoms with Crippen LogP contribution in [0.4, 0.5) is 5.69 Å². The van der Waals surface area contributed by atoms with E-state index in [1.807, 2.05) is 0 Å². The molecule has 0 aromatic carbocycles. The number of hydrogen-bond donors (Lipinski definition) is 2. The van der Waals surface area contributed by atoms with E-state index in [4.69, 9.17) is 16.2 Å². The van der Waals surface area contributed by atoms with Crippen molar-refractivity contribution in [3.05, 3.63) is 41.5 Å². The maximum Gasteiger partial charge on any atom is 0.340 e. The van der Waals surface area contributed by atoms with Crippen molar-refractivity contribution in [2.24, 2.45) is 5.73 Å². The number of ether oxygens (including phenoxy) is 1. The molecule has 2 rings (SSSR count). The molecule has 2 aliphatic carbocycles. The number of fused-ring (bicyclic) bond motifs is 1. The minimum atomic E-state index is -0.663. The van der Waals surface area contributed by atoms with Gasteiger partial charge in [-0.1, -0.05) is 30.3 Å². The van der Waals surface area contributed by atoms with Crippen LogP contribution < -0.4 is 11.5 Å². The molecule has 0 bridgehead atoms. The summed E-state index contributed by atoms with van der Waals surface area (Å²) in [6, 6.07) is 8.72. The standard InChI is InChI=1S/C14H14N2O3/c1-2-19-14(18)11-9-7-5-3-4-6-8(9)10(12(11)15)13(16)17/h3-7H,2,15H2,1H3,(H2,16,17). The molecule has 19 heavy (non-hydrogen) atoms. The number of amides is 1. The highest BCUT2D eigenvalue weighted by atomic mass is 16.5. The van der Waals surface area contributed by atoms with Crippen molar-refractivity contribution < 1.29 is 14.3 Å². The van der Waals surface area contributed by atoms with Gasteiger partial charge in [0.05, 0.1) is 23.4 Å². The Morgan fingerprint density at radius 1 is 1.11 bits per heavy atom. The molecule has 0 aliphatic heterocycles. The van der Waals surface area contributed by atoms with E-state index in [1.54, 1.807) is 37.3 Å². The summed E-state index contributed by atoms with van der Waals surface area (Å²) in [6.07, 6.45) is 0. The van der Waals surface area contributed by atoms with Gasteiger partial charge in [0, 0.05) is 0 Å². The monoisotopic (exact) mass is 258 g/mol. The molecule has 2 aliphatic rings. The van der Waals surface area contributed by atoms with Gasteiger partial charge in [-0.15, -0.1) is 0 Å². The van der Waals surface area contributed by atoms with E-state index in [-0.39, 0.29) is 23.4 Å². The van der Waals surface area contributed by atoms with Crippen LogP contribution >= 0.6 is 0 Å². The molecule has 4 N–H and O–H groups in total. The fourth-order valence-electron chi connectivity index (χ4n) is 2.09. The van der Waals surface area contributed by atoms with Crippen LogP contribution in [0, 0.1) is 0 Å². The smallest absolute Gasteiger partial charge is 0.340 e. The molecule has 0 aromatic rings. The summed E-state index contributed by atoms with van der Waals surface area (Å²) in [4.78, 5) is 23.5. The molecule has 5 nitrogen and oxygen atoms in total. The normalized spacial score (nSPS) is 10.4. The first-order valence-corrected chi connectivity index (χ1v) is 5.85. The Labute approximate surface area is 110 Å². The first-order valence-electron chi connectivity index (χ1n) is 5.85. The van der Waals surface area contributed by atoms with Crippen LogP contribution in [-0.4, -0.2) is 18.5 Å². The molecule has 98 valence electrons. The molecular weight excluding hydrogens is 244 g/mol. The van der Waals surface area contributed by atoms with Crippen molar-refractivity contribution in [2.45, 2.75) is 6.92 Å². The summed E-state index contributed by atoms with van der Waals surface area (Å²) in [5.74, 6) is -1.21. The number of carbonyl (C=O) groups excluding carboxylic acids is 2. The van der Waals surface area contributed by atoms with Crippen LogP contribution in [0.15, 0.2) is 30.3 Å². The predicted octanol–water partition coefficient (Wildman–Crippen LogP) is 1.65. The highest BCUT2D eigenvalue weighted by Gasteiger charge is 2.28. The van der Waals surface area contributed by atoms with Gasteiger partial charge in [-0.25, -0.2) is 4.79 Å². The molecule has 5 heteroatoms. The molecule has 0 unspecified atom stereocenters. The van der Waals surface area contributed by atoms with Gasteiger partial charge in [-0.3, -0.25) is 4.79 Å². The zero-order chi connectivity index (χ0) is 14.0. The van der Waals surface area contributed by atoms with Gasteiger partial charge < -0.3 is 16.2 Å². The minimum absolute atomic E-state index is 0.0761. The maximum absolute atomic E-state index is 12.0. The van der Waals surface area contributed by atoms with E-state index in [9.17, 15) is 9.59 Å². The van der Waals surface area contributed by atoms with Crippen molar-refractivity contribution >= 4 is 17.6 Å². The van der Waals surface area contributed by atoms with E-state index in [0.29, 0.717) is 11.1 Å². The number of hydrogen-bond acceptors (Lipinski definition) is 4. The van der Waals surface area contributed by atoms with Gasteiger partial charge >= 0.3 is 5.97 Å². The second-order valence-electron chi connectivity index (χ2n) is 3.99. The van der Waals surface area contributed by atoms with Gasteiger partial charge in [0.25, 0.3) is 5.91 Å². The fourth-order valence-corrected chi connectivity index (χ4v) is 2.09. The van der Waals surface area contributed by atoms with Crippen LogP contribution in [-0.2, 0) is 4.74 Å². The van der Waals surface area contributed by atoms with E-state index in [1.165, 1.54) is 0 Å². The van der Waals surface area contributed by atoms with Gasteiger partial charge in [-0.2, -0.15) is 0 Å². The van der Waals surface area contributed by atoms with Gasteiger partial charge in [-0.05, 0) is 18.1 Å². The van der Waals surface area contributed by atoms with Crippen LogP contribution in [0.1, 0.15) is 27.6 Å².